The Morgan fingerprint density at radius 3 is 2.31 bits per heavy atom. The molecular formula is C11H19NO4. The summed E-state index contributed by atoms with van der Waals surface area (Å²) in [6.45, 7) is 3.36. The van der Waals surface area contributed by atoms with Gasteiger partial charge in [-0.2, -0.15) is 0 Å². The Balaban J connectivity index is 4.07. The fourth-order valence-corrected chi connectivity index (χ4v) is 1.21. The highest BCUT2D eigenvalue weighted by molar-refractivity contribution is 5.84. The number of carbonyl (C=O) groups excluding carboxylic acids is 2. The highest BCUT2D eigenvalue weighted by Crippen LogP contribution is 2.01. The quantitative estimate of drug-likeness (QED) is 0.653. The lowest BCUT2D eigenvalue weighted by Gasteiger charge is -2.13. The van der Waals surface area contributed by atoms with Crippen molar-refractivity contribution in [3.05, 3.63) is 0 Å². The molecule has 0 fully saturated rings. The molecule has 1 amide bonds. The summed E-state index contributed by atoms with van der Waals surface area (Å²) in [7, 11) is 0. The maximum atomic E-state index is 11.3. The number of carboxylic acid groups (broad SMARTS) is 1. The molecule has 0 saturated heterocycles. The van der Waals surface area contributed by atoms with Gasteiger partial charge in [-0.1, -0.05) is 13.3 Å². The highest BCUT2D eigenvalue weighted by Gasteiger charge is 2.19. The largest absolute Gasteiger partial charge is 0.480 e. The van der Waals surface area contributed by atoms with Gasteiger partial charge in [0, 0.05) is 12.8 Å². The van der Waals surface area contributed by atoms with Crippen molar-refractivity contribution >= 4 is 17.7 Å². The molecule has 0 rings (SSSR count). The predicted octanol–water partition coefficient (Wildman–Crippen LogP) is 1.12. The summed E-state index contributed by atoms with van der Waals surface area (Å²) in [4.78, 5) is 32.8. The summed E-state index contributed by atoms with van der Waals surface area (Å²) in [6.07, 6.45) is 2.29. The highest BCUT2D eigenvalue weighted by atomic mass is 16.4. The molecule has 1 atom stereocenters. The Morgan fingerprint density at radius 1 is 1.25 bits per heavy atom. The fourth-order valence-electron chi connectivity index (χ4n) is 1.21. The van der Waals surface area contributed by atoms with E-state index in [1.54, 1.807) is 0 Å². The minimum absolute atomic E-state index is 0.0749. The van der Waals surface area contributed by atoms with E-state index in [2.05, 4.69) is 5.32 Å². The molecule has 0 bridgehead atoms. The summed E-state index contributed by atoms with van der Waals surface area (Å²) in [6, 6.07) is -0.951. The zero-order valence-electron chi connectivity index (χ0n) is 9.78. The maximum Gasteiger partial charge on any atom is 0.326 e. The molecule has 0 aliphatic rings. The third-order valence-corrected chi connectivity index (χ3v) is 2.18. The Morgan fingerprint density at radius 2 is 1.88 bits per heavy atom. The summed E-state index contributed by atoms with van der Waals surface area (Å²) >= 11 is 0. The van der Waals surface area contributed by atoms with Crippen LogP contribution in [0.15, 0.2) is 0 Å². The second kappa shape index (κ2) is 7.84. The first kappa shape index (κ1) is 14.6. The van der Waals surface area contributed by atoms with E-state index in [9.17, 15) is 14.4 Å². The van der Waals surface area contributed by atoms with Crippen molar-refractivity contribution in [2.45, 2.75) is 52.0 Å². The molecule has 0 radical (unpaired) electrons. The van der Waals surface area contributed by atoms with E-state index in [0.717, 1.165) is 12.8 Å². The smallest absolute Gasteiger partial charge is 0.326 e. The molecule has 2 N–H and O–H groups in total. The monoisotopic (exact) mass is 229 g/mol. The minimum Gasteiger partial charge on any atom is -0.480 e. The molecule has 0 saturated carbocycles. The molecule has 0 spiro atoms. The number of carboxylic acids is 1. The van der Waals surface area contributed by atoms with Crippen molar-refractivity contribution in [1.82, 2.24) is 5.32 Å². The minimum atomic E-state index is -1.09. The van der Waals surface area contributed by atoms with E-state index in [1.807, 2.05) is 6.92 Å². The Kier molecular flexibility index (Phi) is 7.16. The number of carbonyl (C=O) groups is 3. The van der Waals surface area contributed by atoms with Gasteiger partial charge in [-0.25, -0.2) is 4.79 Å². The maximum absolute atomic E-state index is 11.3. The fraction of sp³-hybridized carbons (Fsp3) is 0.727. The van der Waals surface area contributed by atoms with Gasteiger partial charge in [0.15, 0.2) is 0 Å². The summed E-state index contributed by atoms with van der Waals surface area (Å²) in [5.74, 6) is -1.43. The van der Waals surface area contributed by atoms with Crippen LogP contribution < -0.4 is 5.32 Å². The van der Waals surface area contributed by atoms with Crippen molar-refractivity contribution in [3.8, 4) is 0 Å². The van der Waals surface area contributed by atoms with Crippen LogP contribution >= 0.6 is 0 Å². The Hall–Kier alpha value is -1.39. The van der Waals surface area contributed by atoms with Crippen molar-refractivity contribution in [2.24, 2.45) is 0 Å². The summed E-state index contributed by atoms with van der Waals surface area (Å²) in [5.41, 5.74) is 0. The molecule has 0 unspecified atom stereocenters. The topological polar surface area (TPSA) is 83.5 Å². The standard InChI is InChI=1S/C11H19NO4/c1-3-4-5-10(14)12-9(11(15)16)7-6-8(2)13/h9H,3-7H2,1-2H3,(H,12,14)(H,15,16)/t9-/m0/s1. The average molecular weight is 229 g/mol. The first-order chi connectivity index (χ1) is 7.47. The van der Waals surface area contributed by atoms with Crippen LogP contribution in [0.1, 0.15) is 46.0 Å². The molecular weight excluding hydrogens is 210 g/mol. The van der Waals surface area contributed by atoms with Gasteiger partial charge in [-0.15, -0.1) is 0 Å². The summed E-state index contributed by atoms with van der Waals surface area (Å²) in [5, 5.41) is 11.3. The van der Waals surface area contributed by atoms with E-state index in [1.165, 1.54) is 6.92 Å². The lowest BCUT2D eigenvalue weighted by molar-refractivity contribution is -0.142. The molecule has 0 aromatic rings. The van der Waals surface area contributed by atoms with E-state index in [0.29, 0.717) is 6.42 Å². The molecule has 0 aromatic carbocycles. The molecule has 0 aliphatic heterocycles. The molecule has 92 valence electrons. The number of nitrogens with one attached hydrogen (secondary N) is 1. The lowest BCUT2D eigenvalue weighted by atomic mass is 10.1. The molecule has 0 heterocycles. The van der Waals surface area contributed by atoms with Crippen LogP contribution in [-0.4, -0.2) is 28.8 Å². The number of ketones is 1. The number of aliphatic carboxylic acids is 1. The van der Waals surface area contributed by atoms with Crippen LogP contribution in [0.5, 0.6) is 0 Å². The van der Waals surface area contributed by atoms with Crippen molar-refractivity contribution in [2.75, 3.05) is 0 Å². The number of hydrogen-bond acceptors (Lipinski definition) is 3. The van der Waals surface area contributed by atoms with Gasteiger partial charge >= 0.3 is 5.97 Å². The zero-order chi connectivity index (χ0) is 12.6. The van der Waals surface area contributed by atoms with Gasteiger partial charge in [-0.3, -0.25) is 4.79 Å². The number of rotatable bonds is 8. The van der Waals surface area contributed by atoms with Crippen LogP contribution in [0.4, 0.5) is 0 Å². The van der Waals surface area contributed by atoms with Gasteiger partial charge in [0.25, 0.3) is 0 Å². The second-order valence-electron chi connectivity index (χ2n) is 3.80. The van der Waals surface area contributed by atoms with Crippen LogP contribution in [-0.2, 0) is 14.4 Å². The SMILES string of the molecule is CCCCC(=O)N[C@@H](CCC(C)=O)C(=O)O. The first-order valence-electron chi connectivity index (χ1n) is 5.49. The van der Waals surface area contributed by atoms with Crippen LogP contribution in [0.3, 0.4) is 0 Å². The number of Topliss-reactive ketones (excluding diaryl/α,β-unsaturated/α-hetero) is 1. The number of unbranched alkanes of at least 4 members (excludes halogenated alkanes) is 1. The van der Waals surface area contributed by atoms with Gasteiger partial charge in [0.05, 0.1) is 0 Å². The molecule has 5 nitrogen and oxygen atoms in total. The first-order valence-corrected chi connectivity index (χ1v) is 5.49. The number of amides is 1. The van der Waals surface area contributed by atoms with Gasteiger partial charge < -0.3 is 15.2 Å². The lowest BCUT2D eigenvalue weighted by Crippen LogP contribution is -2.40. The molecule has 0 aliphatic carbocycles. The van der Waals surface area contributed by atoms with E-state index < -0.39 is 12.0 Å². The van der Waals surface area contributed by atoms with Crippen molar-refractivity contribution in [3.63, 3.8) is 0 Å². The average Bonchev–Trinajstić information content (AvgIpc) is 2.20. The van der Waals surface area contributed by atoms with Crippen LogP contribution in [0, 0.1) is 0 Å². The van der Waals surface area contributed by atoms with Gasteiger partial charge in [0.1, 0.15) is 11.8 Å². The summed E-state index contributed by atoms with van der Waals surface area (Å²) < 4.78 is 0. The van der Waals surface area contributed by atoms with E-state index in [4.69, 9.17) is 5.11 Å². The number of hydrogen-bond donors (Lipinski definition) is 2. The molecule has 0 aromatic heterocycles. The third-order valence-electron chi connectivity index (χ3n) is 2.18. The van der Waals surface area contributed by atoms with Crippen LogP contribution in [0.2, 0.25) is 0 Å². The Bertz CT molecular complexity index is 263. The van der Waals surface area contributed by atoms with Crippen LogP contribution in [0.25, 0.3) is 0 Å². The Labute approximate surface area is 95.2 Å². The van der Waals surface area contributed by atoms with Gasteiger partial charge in [0.2, 0.25) is 5.91 Å². The van der Waals surface area contributed by atoms with Crippen molar-refractivity contribution in [1.29, 1.82) is 0 Å². The molecule has 16 heavy (non-hydrogen) atoms. The second-order valence-corrected chi connectivity index (χ2v) is 3.80. The van der Waals surface area contributed by atoms with E-state index in [-0.39, 0.29) is 24.5 Å². The van der Waals surface area contributed by atoms with E-state index >= 15 is 0 Å². The van der Waals surface area contributed by atoms with Crippen molar-refractivity contribution < 1.29 is 19.5 Å². The predicted molar refractivity (Wildman–Crippen MR) is 59.0 cm³/mol. The normalized spacial score (nSPS) is 11.9. The van der Waals surface area contributed by atoms with Gasteiger partial charge in [-0.05, 0) is 19.8 Å². The third kappa shape index (κ3) is 6.98. The zero-order valence-corrected chi connectivity index (χ0v) is 9.78. The molecule has 5 heteroatoms.